The molecule has 7 rings (SSSR count). The van der Waals surface area contributed by atoms with Crippen LogP contribution in [0.2, 0.25) is 0 Å². The highest BCUT2D eigenvalue weighted by Crippen LogP contribution is 2.55. The minimum absolute atomic E-state index is 0.0839. The average molecular weight is 479 g/mol. The van der Waals surface area contributed by atoms with Crippen molar-refractivity contribution < 1.29 is 9.84 Å². The van der Waals surface area contributed by atoms with E-state index in [1.54, 1.807) is 0 Å². The van der Waals surface area contributed by atoms with Gasteiger partial charge in [0.05, 0.1) is 0 Å². The van der Waals surface area contributed by atoms with Crippen molar-refractivity contribution in [3.05, 3.63) is 156 Å². The number of rotatable bonds is 3. The first kappa shape index (κ1) is 21.7. The third-order valence-electron chi connectivity index (χ3n) is 7.83. The zero-order chi connectivity index (χ0) is 24.8. The summed E-state index contributed by atoms with van der Waals surface area (Å²) in [6.45, 7) is 0. The molecule has 6 aromatic carbocycles. The Kier molecular flexibility index (Phi) is 5.00. The van der Waals surface area contributed by atoms with Crippen LogP contribution in [-0.4, -0.2) is 5.11 Å². The largest absolute Gasteiger partial charge is 0.507 e. The zero-order valence-electron chi connectivity index (χ0n) is 20.3. The van der Waals surface area contributed by atoms with Crippen molar-refractivity contribution in [1.29, 1.82) is 0 Å². The van der Waals surface area contributed by atoms with Crippen LogP contribution < -0.4 is 4.74 Å². The highest BCUT2D eigenvalue weighted by Gasteiger charge is 2.46. The van der Waals surface area contributed by atoms with Gasteiger partial charge < -0.3 is 9.84 Å². The zero-order valence-corrected chi connectivity index (χ0v) is 20.3. The van der Waals surface area contributed by atoms with Gasteiger partial charge in [0.15, 0.2) is 5.60 Å². The first-order valence-electron chi connectivity index (χ1n) is 12.8. The molecule has 1 N–H and O–H groups in total. The summed E-state index contributed by atoms with van der Waals surface area (Å²) >= 11 is 0. The fourth-order valence-electron chi connectivity index (χ4n) is 6.03. The van der Waals surface area contributed by atoms with Gasteiger partial charge in [0.1, 0.15) is 11.5 Å². The van der Waals surface area contributed by atoms with Crippen LogP contribution >= 0.6 is 0 Å². The van der Waals surface area contributed by atoms with E-state index < -0.39 is 5.60 Å². The Hall–Kier alpha value is -4.56. The predicted molar refractivity (Wildman–Crippen MR) is 150 cm³/mol. The maximum absolute atomic E-state index is 11.8. The molecule has 37 heavy (non-hydrogen) atoms. The third-order valence-corrected chi connectivity index (χ3v) is 7.83. The quantitative estimate of drug-likeness (QED) is 0.276. The van der Waals surface area contributed by atoms with E-state index >= 15 is 0 Å². The maximum Gasteiger partial charge on any atom is 0.164 e. The number of phenols is 1. The van der Waals surface area contributed by atoms with Crippen molar-refractivity contribution in [2.45, 2.75) is 17.9 Å². The highest BCUT2D eigenvalue weighted by molar-refractivity contribution is 5.92. The van der Waals surface area contributed by atoms with E-state index in [2.05, 4.69) is 97.1 Å². The summed E-state index contributed by atoms with van der Waals surface area (Å²) in [5, 5.41) is 15.8. The molecule has 1 aliphatic rings. The Morgan fingerprint density at radius 1 is 0.595 bits per heavy atom. The summed E-state index contributed by atoms with van der Waals surface area (Å²) in [7, 11) is 0. The van der Waals surface area contributed by atoms with E-state index in [0.29, 0.717) is 6.42 Å². The average Bonchev–Trinajstić information content (AvgIpc) is 2.98. The molecule has 2 heteroatoms. The lowest BCUT2D eigenvalue weighted by Crippen LogP contribution is -2.40. The van der Waals surface area contributed by atoms with Crippen molar-refractivity contribution in [1.82, 2.24) is 0 Å². The second-order valence-corrected chi connectivity index (χ2v) is 9.85. The summed E-state index contributed by atoms with van der Waals surface area (Å²) in [6.07, 6.45) is 0.665. The first-order valence-corrected chi connectivity index (χ1v) is 12.8. The predicted octanol–water partition coefficient (Wildman–Crippen LogP) is 8.56. The van der Waals surface area contributed by atoms with Crippen molar-refractivity contribution in [3.8, 4) is 11.5 Å². The van der Waals surface area contributed by atoms with E-state index in [1.165, 1.54) is 11.1 Å². The lowest BCUT2D eigenvalue weighted by molar-refractivity contribution is 0.0774. The fourth-order valence-corrected chi connectivity index (χ4v) is 6.03. The van der Waals surface area contributed by atoms with Crippen molar-refractivity contribution >= 4 is 21.5 Å². The van der Waals surface area contributed by atoms with Gasteiger partial charge in [-0.25, -0.2) is 0 Å². The monoisotopic (exact) mass is 478 g/mol. The summed E-state index contributed by atoms with van der Waals surface area (Å²) in [6, 6.07) is 45.9. The molecular weight excluding hydrogens is 452 g/mol. The van der Waals surface area contributed by atoms with Gasteiger partial charge in [-0.1, -0.05) is 133 Å². The van der Waals surface area contributed by atoms with Gasteiger partial charge in [-0.2, -0.15) is 0 Å². The normalized spacial score (nSPS) is 18.9. The molecule has 0 aliphatic carbocycles. The molecule has 2 nitrogen and oxygen atoms in total. The van der Waals surface area contributed by atoms with Crippen LogP contribution in [-0.2, 0) is 5.60 Å². The number of benzene rings is 6. The minimum atomic E-state index is -0.882. The molecule has 0 radical (unpaired) electrons. The number of ether oxygens (including phenoxy) is 1. The molecule has 178 valence electrons. The third kappa shape index (κ3) is 3.41. The van der Waals surface area contributed by atoms with Gasteiger partial charge in [0.25, 0.3) is 0 Å². The van der Waals surface area contributed by atoms with Crippen LogP contribution in [0.4, 0.5) is 0 Å². The molecule has 0 unspecified atom stereocenters. The van der Waals surface area contributed by atoms with Gasteiger partial charge in [-0.15, -0.1) is 0 Å². The summed E-state index contributed by atoms with van der Waals surface area (Å²) < 4.78 is 7.23. The van der Waals surface area contributed by atoms with Gasteiger partial charge in [-0.3, -0.25) is 0 Å². The van der Waals surface area contributed by atoms with Crippen molar-refractivity contribution in [2.75, 3.05) is 0 Å². The van der Waals surface area contributed by atoms with Crippen LogP contribution in [0.1, 0.15) is 34.6 Å². The van der Waals surface area contributed by atoms with Gasteiger partial charge in [0.2, 0.25) is 0 Å². The highest BCUT2D eigenvalue weighted by atomic mass is 16.5. The van der Waals surface area contributed by atoms with Gasteiger partial charge in [-0.05, 0) is 16.3 Å². The first-order chi connectivity index (χ1) is 18.2. The maximum atomic E-state index is 11.8. The van der Waals surface area contributed by atoms with Crippen LogP contribution in [0.3, 0.4) is 0 Å². The lowest BCUT2D eigenvalue weighted by atomic mass is 9.71. The standard InChI is InChI=1S/C35H26O2/c36-33-28-17-9-7-13-25(28)20-22-32(33)35(27-15-5-2-6-16-27)23-31(24-11-3-1-4-12-24)30-21-19-26-14-8-10-18-29(26)34(30)37-35/h1-22,31,36H,23H2/t31-,35+/m0/s1. The van der Waals surface area contributed by atoms with Crippen LogP contribution in [0, 0.1) is 0 Å². The summed E-state index contributed by atoms with van der Waals surface area (Å²) in [5.74, 6) is 1.24. The molecule has 1 aliphatic heterocycles. The number of hydrogen-bond acceptors (Lipinski definition) is 2. The van der Waals surface area contributed by atoms with E-state index in [-0.39, 0.29) is 11.7 Å². The van der Waals surface area contributed by atoms with Crippen LogP contribution in [0.5, 0.6) is 11.5 Å². The molecule has 6 aromatic rings. The lowest BCUT2D eigenvalue weighted by Gasteiger charge is -2.44. The fraction of sp³-hybridized carbons (Fsp3) is 0.0857. The molecule has 0 saturated heterocycles. The number of fused-ring (bicyclic) bond motifs is 4. The number of phenolic OH excluding ortho intramolecular Hbond substituents is 1. The molecule has 0 saturated carbocycles. The molecule has 0 fully saturated rings. The van der Waals surface area contributed by atoms with Crippen molar-refractivity contribution in [2.24, 2.45) is 0 Å². The second kappa shape index (κ2) is 8.53. The summed E-state index contributed by atoms with van der Waals surface area (Å²) in [5.41, 5.74) is 3.35. The molecule has 0 aromatic heterocycles. The molecule has 0 bridgehead atoms. The smallest absolute Gasteiger partial charge is 0.164 e. The Morgan fingerprint density at radius 2 is 1.19 bits per heavy atom. The topological polar surface area (TPSA) is 29.5 Å². The van der Waals surface area contributed by atoms with E-state index in [9.17, 15) is 5.11 Å². The molecular formula is C35H26O2. The van der Waals surface area contributed by atoms with Crippen LogP contribution in [0.25, 0.3) is 21.5 Å². The van der Waals surface area contributed by atoms with Gasteiger partial charge in [0, 0.05) is 39.8 Å². The molecule has 2 atom stereocenters. The molecule has 0 spiro atoms. The Morgan fingerprint density at radius 3 is 1.95 bits per heavy atom. The van der Waals surface area contributed by atoms with E-state index in [4.69, 9.17) is 4.74 Å². The Bertz CT molecular complexity index is 1740. The molecule has 1 heterocycles. The van der Waals surface area contributed by atoms with E-state index in [1.807, 2.05) is 36.4 Å². The molecule has 0 amide bonds. The Labute approximate surface area is 216 Å². The number of hydrogen-bond donors (Lipinski definition) is 1. The SMILES string of the molecule is Oc1c([C@]2(c3ccccc3)C[C@@H](c3ccccc3)c3ccc4ccccc4c3O2)ccc2ccccc12. The Balaban J connectivity index is 1.57. The van der Waals surface area contributed by atoms with Crippen molar-refractivity contribution in [3.63, 3.8) is 0 Å². The summed E-state index contributed by atoms with van der Waals surface area (Å²) in [4.78, 5) is 0. The van der Waals surface area contributed by atoms with E-state index in [0.717, 1.165) is 38.4 Å². The minimum Gasteiger partial charge on any atom is -0.507 e. The second-order valence-electron chi connectivity index (χ2n) is 9.85. The van der Waals surface area contributed by atoms with Crippen LogP contribution in [0.15, 0.2) is 133 Å². The number of aromatic hydroxyl groups is 1. The van der Waals surface area contributed by atoms with Gasteiger partial charge >= 0.3 is 0 Å².